The number of ether oxygens (including phenoxy) is 3. The van der Waals surface area contributed by atoms with Crippen molar-refractivity contribution in [2.24, 2.45) is 5.92 Å². The molecule has 1 aromatic carbocycles. The van der Waals surface area contributed by atoms with E-state index in [4.69, 9.17) is 14.2 Å². The molecule has 1 aromatic rings. The number of hydrogen-bond acceptors (Lipinski definition) is 5. The standard InChI is InChI=1S/C17H25NO4/c1-20-15-8-14(9-16-17(15)22-7-6-21-16)11-18-5-3-2-4-13(10-18)12-19/h8-9,13,19H,2-7,10-12H2,1H3. The molecule has 5 heteroatoms. The molecule has 0 spiro atoms. The van der Waals surface area contributed by atoms with Gasteiger partial charge in [-0.2, -0.15) is 0 Å². The van der Waals surface area contributed by atoms with Gasteiger partial charge in [0.05, 0.1) is 7.11 Å². The van der Waals surface area contributed by atoms with Crippen LogP contribution in [0.4, 0.5) is 0 Å². The molecule has 0 aliphatic carbocycles. The molecule has 2 heterocycles. The highest BCUT2D eigenvalue weighted by molar-refractivity contribution is 5.54. The van der Waals surface area contributed by atoms with Crippen LogP contribution in [0.15, 0.2) is 12.1 Å². The summed E-state index contributed by atoms with van der Waals surface area (Å²) in [7, 11) is 1.66. The van der Waals surface area contributed by atoms with E-state index in [0.717, 1.165) is 37.6 Å². The minimum Gasteiger partial charge on any atom is -0.493 e. The Morgan fingerprint density at radius 3 is 2.95 bits per heavy atom. The second-order valence-electron chi connectivity index (χ2n) is 6.10. The Morgan fingerprint density at radius 2 is 2.14 bits per heavy atom. The summed E-state index contributed by atoms with van der Waals surface area (Å²) in [6.45, 7) is 4.30. The fraction of sp³-hybridized carbons (Fsp3) is 0.647. The van der Waals surface area contributed by atoms with Crippen molar-refractivity contribution in [3.05, 3.63) is 17.7 Å². The zero-order valence-electron chi connectivity index (χ0n) is 13.2. The molecule has 0 radical (unpaired) electrons. The summed E-state index contributed by atoms with van der Waals surface area (Å²) in [6, 6.07) is 4.09. The number of likely N-dealkylation sites (tertiary alicyclic amines) is 1. The van der Waals surface area contributed by atoms with Crippen molar-refractivity contribution < 1.29 is 19.3 Å². The van der Waals surface area contributed by atoms with Gasteiger partial charge in [-0.25, -0.2) is 0 Å². The lowest BCUT2D eigenvalue weighted by Crippen LogP contribution is -2.29. The molecule has 22 heavy (non-hydrogen) atoms. The van der Waals surface area contributed by atoms with Gasteiger partial charge >= 0.3 is 0 Å². The van der Waals surface area contributed by atoms with Crippen molar-refractivity contribution in [1.29, 1.82) is 0 Å². The normalized spacial score (nSPS) is 22.2. The van der Waals surface area contributed by atoms with Gasteiger partial charge in [-0.15, -0.1) is 0 Å². The molecule has 2 aliphatic heterocycles. The maximum atomic E-state index is 9.46. The van der Waals surface area contributed by atoms with E-state index in [-0.39, 0.29) is 6.61 Å². The molecule has 5 nitrogen and oxygen atoms in total. The van der Waals surface area contributed by atoms with E-state index < -0.39 is 0 Å². The van der Waals surface area contributed by atoms with Gasteiger partial charge in [0.15, 0.2) is 11.5 Å². The maximum absolute atomic E-state index is 9.46. The van der Waals surface area contributed by atoms with E-state index in [9.17, 15) is 5.11 Å². The number of hydrogen-bond donors (Lipinski definition) is 1. The van der Waals surface area contributed by atoms with Gasteiger partial charge in [0.25, 0.3) is 0 Å². The van der Waals surface area contributed by atoms with Crippen LogP contribution in [0.25, 0.3) is 0 Å². The molecular weight excluding hydrogens is 282 g/mol. The number of rotatable bonds is 4. The summed E-state index contributed by atoms with van der Waals surface area (Å²) in [5.74, 6) is 2.61. The predicted molar refractivity (Wildman–Crippen MR) is 83.7 cm³/mol. The Bertz CT molecular complexity index is 488. The average Bonchev–Trinajstić information content (AvgIpc) is 2.79. The Hall–Kier alpha value is -1.46. The van der Waals surface area contributed by atoms with E-state index >= 15 is 0 Å². The van der Waals surface area contributed by atoms with E-state index in [1.807, 2.05) is 6.07 Å². The summed E-state index contributed by atoms with van der Waals surface area (Å²) in [5.41, 5.74) is 1.17. The molecule has 1 saturated heterocycles. The third-order valence-corrected chi connectivity index (χ3v) is 4.41. The van der Waals surface area contributed by atoms with Crippen LogP contribution in [-0.2, 0) is 6.54 Å². The van der Waals surface area contributed by atoms with Gasteiger partial charge < -0.3 is 19.3 Å². The third-order valence-electron chi connectivity index (χ3n) is 4.41. The van der Waals surface area contributed by atoms with Crippen LogP contribution in [-0.4, -0.2) is 50.0 Å². The van der Waals surface area contributed by atoms with E-state index in [0.29, 0.717) is 24.9 Å². The number of aliphatic hydroxyl groups excluding tert-OH is 1. The van der Waals surface area contributed by atoms with Crippen molar-refractivity contribution >= 4 is 0 Å². The van der Waals surface area contributed by atoms with Crippen LogP contribution in [0.3, 0.4) is 0 Å². The lowest BCUT2D eigenvalue weighted by molar-refractivity contribution is 0.161. The molecule has 1 unspecified atom stereocenters. The molecule has 0 saturated carbocycles. The van der Waals surface area contributed by atoms with Crippen LogP contribution < -0.4 is 14.2 Å². The molecule has 2 aliphatic rings. The van der Waals surface area contributed by atoms with E-state index in [2.05, 4.69) is 11.0 Å². The quantitative estimate of drug-likeness (QED) is 0.923. The zero-order chi connectivity index (χ0) is 15.4. The first kappa shape index (κ1) is 15.4. The fourth-order valence-electron chi connectivity index (χ4n) is 3.29. The SMILES string of the molecule is COc1cc(CN2CCCCC(CO)C2)cc2c1OCCO2. The summed E-state index contributed by atoms with van der Waals surface area (Å²) < 4.78 is 16.8. The number of aliphatic hydroxyl groups is 1. The first-order valence-corrected chi connectivity index (χ1v) is 8.10. The largest absolute Gasteiger partial charge is 0.493 e. The number of benzene rings is 1. The second kappa shape index (κ2) is 7.20. The topological polar surface area (TPSA) is 51.2 Å². The van der Waals surface area contributed by atoms with Gasteiger partial charge in [0, 0.05) is 19.7 Å². The lowest BCUT2D eigenvalue weighted by Gasteiger charge is -2.25. The number of fused-ring (bicyclic) bond motifs is 1. The van der Waals surface area contributed by atoms with Gasteiger partial charge in [-0.3, -0.25) is 4.90 Å². The van der Waals surface area contributed by atoms with Crippen LogP contribution in [0.1, 0.15) is 24.8 Å². The Balaban J connectivity index is 1.76. The van der Waals surface area contributed by atoms with Crippen molar-refractivity contribution in [3.63, 3.8) is 0 Å². The summed E-state index contributed by atoms with van der Waals surface area (Å²) in [4.78, 5) is 2.42. The second-order valence-corrected chi connectivity index (χ2v) is 6.10. The van der Waals surface area contributed by atoms with Crippen molar-refractivity contribution in [3.8, 4) is 17.2 Å². The first-order valence-electron chi connectivity index (χ1n) is 8.10. The maximum Gasteiger partial charge on any atom is 0.203 e. The zero-order valence-corrected chi connectivity index (χ0v) is 13.2. The van der Waals surface area contributed by atoms with Crippen LogP contribution >= 0.6 is 0 Å². The van der Waals surface area contributed by atoms with Crippen molar-refractivity contribution in [1.82, 2.24) is 4.90 Å². The van der Waals surface area contributed by atoms with Crippen molar-refractivity contribution in [2.75, 3.05) is 40.0 Å². The van der Waals surface area contributed by atoms with Gasteiger partial charge in [0.1, 0.15) is 13.2 Å². The minimum atomic E-state index is 0.279. The predicted octanol–water partition coefficient (Wildman–Crippen LogP) is 2.06. The molecule has 0 aromatic heterocycles. The Labute approximate surface area is 131 Å². The molecule has 1 atom stereocenters. The highest BCUT2D eigenvalue weighted by Gasteiger charge is 2.21. The summed E-state index contributed by atoms with van der Waals surface area (Å²) >= 11 is 0. The number of methoxy groups -OCH3 is 1. The van der Waals surface area contributed by atoms with Crippen molar-refractivity contribution in [2.45, 2.75) is 25.8 Å². The third kappa shape index (κ3) is 3.47. The summed E-state index contributed by atoms with van der Waals surface area (Å²) in [6.07, 6.45) is 3.52. The Morgan fingerprint density at radius 1 is 1.27 bits per heavy atom. The molecule has 0 bridgehead atoms. The molecule has 122 valence electrons. The van der Waals surface area contributed by atoms with Crippen LogP contribution in [0, 0.1) is 5.92 Å². The highest BCUT2D eigenvalue weighted by Crippen LogP contribution is 2.40. The molecule has 3 rings (SSSR count). The van der Waals surface area contributed by atoms with E-state index in [1.165, 1.54) is 18.4 Å². The van der Waals surface area contributed by atoms with Crippen LogP contribution in [0.5, 0.6) is 17.2 Å². The fourth-order valence-corrected chi connectivity index (χ4v) is 3.29. The molecule has 0 amide bonds. The van der Waals surface area contributed by atoms with E-state index in [1.54, 1.807) is 7.11 Å². The monoisotopic (exact) mass is 307 g/mol. The van der Waals surface area contributed by atoms with Gasteiger partial charge in [-0.05, 0) is 43.0 Å². The first-order chi connectivity index (χ1) is 10.8. The lowest BCUT2D eigenvalue weighted by atomic mass is 10.0. The smallest absolute Gasteiger partial charge is 0.203 e. The molecular formula is C17H25NO4. The average molecular weight is 307 g/mol. The van der Waals surface area contributed by atoms with Gasteiger partial charge in [0.2, 0.25) is 5.75 Å². The van der Waals surface area contributed by atoms with Crippen LogP contribution in [0.2, 0.25) is 0 Å². The Kier molecular flexibility index (Phi) is 5.05. The molecule has 1 N–H and O–H groups in total. The summed E-state index contributed by atoms with van der Waals surface area (Å²) in [5, 5.41) is 9.46. The minimum absolute atomic E-state index is 0.279. The van der Waals surface area contributed by atoms with Gasteiger partial charge in [-0.1, -0.05) is 6.42 Å². The number of nitrogens with zero attached hydrogens (tertiary/aromatic N) is 1. The highest BCUT2D eigenvalue weighted by atomic mass is 16.6. The molecule has 1 fully saturated rings.